The number of aryl methyl sites for hydroxylation is 1. The second-order valence-electron chi connectivity index (χ2n) is 6.97. The van der Waals surface area contributed by atoms with Gasteiger partial charge in [0.25, 0.3) is 0 Å². The van der Waals surface area contributed by atoms with E-state index < -0.39 is 34.6 Å². The topological polar surface area (TPSA) is 47.0 Å². The van der Waals surface area contributed by atoms with Crippen LogP contribution in [0, 0.1) is 5.92 Å². The van der Waals surface area contributed by atoms with E-state index in [1.165, 1.54) is 12.1 Å². The Morgan fingerprint density at radius 3 is 1.44 bits per heavy atom. The third-order valence-electron chi connectivity index (χ3n) is 4.11. The first-order valence-electron chi connectivity index (χ1n) is 8.91. The van der Waals surface area contributed by atoms with E-state index in [4.69, 9.17) is 0 Å². The molecular weight excluding hydrogens is 612 g/mol. The summed E-state index contributed by atoms with van der Waals surface area (Å²) in [4.78, 5) is 4.63. The van der Waals surface area contributed by atoms with Gasteiger partial charge in [0.05, 0.1) is 21.3 Å². The summed E-state index contributed by atoms with van der Waals surface area (Å²) in [6.45, 7) is 4.37. The first kappa shape index (κ1) is 112. The van der Waals surface area contributed by atoms with E-state index in [-0.39, 0.29) is 139 Å². The minimum absolute atomic E-state index is 0. The molecule has 0 saturated carbocycles. The van der Waals surface area contributed by atoms with E-state index in [1.807, 2.05) is 5.38 Å². The van der Waals surface area contributed by atoms with Crippen LogP contribution in [0.1, 0.15) is 178 Å². The molecule has 45 heavy (non-hydrogen) atoms. The van der Waals surface area contributed by atoms with Crippen LogP contribution in [0.4, 0.5) is 13.2 Å². The molecule has 0 aliphatic carbocycles. The number of nitrogens with zero attached hydrogens (tertiary/aromatic N) is 1. The van der Waals surface area contributed by atoms with Crippen LogP contribution >= 0.6 is 11.3 Å². The van der Waals surface area contributed by atoms with Crippen LogP contribution in [0.3, 0.4) is 0 Å². The molecule has 0 radical (unpaired) electrons. The molecule has 0 N–H and O–H groups in total. The molecule has 0 spiro atoms. The van der Waals surface area contributed by atoms with E-state index in [0.717, 1.165) is 35.5 Å². The molecule has 0 aliphatic heterocycles. The highest BCUT2D eigenvalue weighted by Gasteiger charge is 2.27. The van der Waals surface area contributed by atoms with Crippen molar-refractivity contribution in [3.63, 3.8) is 0 Å². The smallest absolute Gasteiger partial charge is 0.241 e. The minimum Gasteiger partial charge on any atom is -0.241 e. The monoisotopic (exact) mass is 708 g/mol. The van der Waals surface area contributed by atoms with Gasteiger partial charge in [-0.1, -0.05) is 166 Å². The lowest BCUT2D eigenvalue weighted by Gasteiger charge is -2.07. The zero-order valence-electron chi connectivity index (χ0n) is 15.4. The second kappa shape index (κ2) is 49.5. The number of aromatic nitrogens is 1. The zero-order valence-corrected chi connectivity index (χ0v) is 17.1. The number of hydrogen-bond donors (Lipinski definition) is 0. The minimum atomic E-state index is -4.34. The predicted molar refractivity (Wildman–Crippen MR) is 224 cm³/mol. The van der Waals surface area contributed by atoms with E-state index in [1.54, 1.807) is 23.5 Å². The summed E-state index contributed by atoms with van der Waals surface area (Å²) in [6.07, 6.45) is -2.71. The van der Waals surface area contributed by atoms with Crippen LogP contribution in [-0.4, -0.2) is 25.3 Å². The van der Waals surface area contributed by atoms with Gasteiger partial charge in [-0.2, -0.15) is 13.2 Å². The van der Waals surface area contributed by atoms with Crippen molar-refractivity contribution in [3.05, 3.63) is 34.7 Å². The third kappa shape index (κ3) is 40.6. The number of hydrogen-bond acceptors (Lipinski definition) is 4. The number of rotatable bonds is 9. The molecule has 0 unspecified atom stereocenters. The van der Waals surface area contributed by atoms with Gasteiger partial charge in [-0.05, 0) is 37.3 Å². The average molecular weight is 708 g/mol. The number of benzene rings is 1. The molecule has 0 aliphatic rings. The lowest BCUT2D eigenvalue weighted by Crippen LogP contribution is -2.12. The summed E-state index contributed by atoms with van der Waals surface area (Å²) in [7, 11) is -3.71. The largest absolute Gasteiger partial charge is 0.389 e. The van der Waals surface area contributed by atoms with Crippen LogP contribution in [0.25, 0.3) is 11.3 Å². The van der Waals surface area contributed by atoms with Crippen LogP contribution < -0.4 is 0 Å². The molecular formula is C37H96F3NO2S2. The Hall–Kier alpha value is -1.41. The first-order valence-corrected chi connectivity index (χ1v) is 11.4. The number of halogens is 3. The van der Waals surface area contributed by atoms with E-state index in [0.29, 0.717) is 5.92 Å². The number of thiazole rings is 1. The SMILES string of the molecule is C.C.C.C.C.C.C.C.C.C.C.C.C.C.C.C.C.C.CC(C)CCCc1nc(-c2ccc(S(=O)(=O)CCCC(F)(F)F)cc2)cs1. The standard InChI is InChI=1S/C19H24F3NO2S2.18CH4/c1-14(2)5-3-6-18-23-17(13-26-18)15-7-9-16(10-8-15)27(24,25)12-4-11-19(20,21)22;;;;;;;;;;;;;;;;;;/h7-10,13-14H,3-6,11-12H2,1-2H3;18*1H4. The lowest BCUT2D eigenvalue weighted by atomic mass is 10.1. The van der Waals surface area contributed by atoms with Crippen molar-refractivity contribution in [1.82, 2.24) is 4.98 Å². The van der Waals surface area contributed by atoms with Crippen molar-refractivity contribution in [1.29, 1.82) is 0 Å². The lowest BCUT2D eigenvalue weighted by molar-refractivity contribution is -0.134. The summed E-state index contributed by atoms with van der Waals surface area (Å²) in [5.74, 6) is 0.151. The maximum Gasteiger partial charge on any atom is 0.389 e. The molecule has 2 aromatic rings. The highest BCUT2D eigenvalue weighted by Crippen LogP contribution is 2.26. The van der Waals surface area contributed by atoms with Crippen molar-refractivity contribution in [2.24, 2.45) is 5.92 Å². The maximum atomic E-state index is 12.2. The van der Waals surface area contributed by atoms with Crippen molar-refractivity contribution in [3.8, 4) is 11.3 Å². The molecule has 1 aromatic heterocycles. The second-order valence-corrected chi connectivity index (χ2v) is 10.0. The normalized spacial score (nSPS) is 7.60. The van der Waals surface area contributed by atoms with Gasteiger partial charge in [0, 0.05) is 17.4 Å². The van der Waals surface area contributed by atoms with E-state index >= 15 is 0 Å². The fraction of sp³-hybridized carbons (Fsp3) is 0.757. The van der Waals surface area contributed by atoms with Gasteiger partial charge in [0.2, 0.25) is 0 Å². The molecule has 0 saturated heterocycles. The summed E-state index contributed by atoms with van der Waals surface area (Å²) in [6, 6.07) is 6.19. The maximum absolute atomic E-state index is 12.2. The van der Waals surface area contributed by atoms with Gasteiger partial charge < -0.3 is 0 Å². The van der Waals surface area contributed by atoms with Crippen LogP contribution in [0.5, 0.6) is 0 Å². The quantitative estimate of drug-likeness (QED) is 0.261. The third-order valence-corrected chi connectivity index (χ3v) is 6.83. The Kier molecular flexibility index (Phi) is 123. The van der Waals surface area contributed by atoms with Gasteiger partial charge in [-0.25, -0.2) is 13.4 Å². The zero-order chi connectivity index (χ0) is 20.1. The molecule has 0 bridgehead atoms. The first-order chi connectivity index (χ1) is 12.6. The summed E-state index contributed by atoms with van der Waals surface area (Å²) >= 11 is 1.58. The summed E-state index contributed by atoms with van der Waals surface area (Å²) in [5, 5.41) is 2.99. The van der Waals surface area contributed by atoms with E-state index in [2.05, 4.69) is 18.8 Å². The fourth-order valence-electron chi connectivity index (χ4n) is 2.63. The molecule has 0 fully saturated rings. The van der Waals surface area contributed by atoms with Crippen molar-refractivity contribution in [2.75, 3.05) is 5.75 Å². The fourth-order valence-corrected chi connectivity index (χ4v) is 4.79. The Balaban J connectivity index is -0.0000000290. The number of alkyl halides is 3. The molecule has 1 aromatic carbocycles. The molecule has 2 rings (SSSR count). The highest BCUT2D eigenvalue weighted by molar-refractivity contribution is 7.91. The Morgan fingerprint density at radius 1 is 0.689 bits per heavy atom. The summed E-state index contributed by atoms with van der Waals surface area (Å²) in [5.41, 5.74) is 1.59. The van der Waals surface area contributed by atoms with Gasteiger partial charge in [0.15, 0.2) is 9.84 Å². The highest BCUT2D eigenvalue weighted by atomic mass is 32.2. The average Bonchev–Trinajstić information content (AvgIpc) is 3.02. The van der Waals surface area contributed by atoms with Crippen molar-refractivity contribution >= 4 is 21.2 Å². The van der Waals surface area contributed by atoms with Crippen molar-refractivity contribution < 1.29 is 21.6 Å². The molecule has 0 amide bonds. The van der Waals surface area contributed by atoms with Crippen LogP contribution in [0.15, 0.2) is 34.5 Å². The molecule has 8 heteroatoms. The van der Waals surface area contributed by atoms with Gasteiger partial charge in [0.1, 0.15) is 0 Å². The molecule has 294 valence electrons. The van der Waals surface area contributed by atoms with Crippen molar-refractivity contribution in [2.45, 2.75) is 191 Å². The van der Waals surface area contributed by atoms with Gasteiger partial charge in [-0.15, -0.1) is 11.3 Å². The summed E-state index contributed by atoms with van der Waals surface area (Å²) < 4.78 is 60.9. The Morgan fingerprint density at radius 2 is 1.09 bits per heavy atom. The van der Waals surface area contributed by atoms with Gasteiger partial charge >= 0.3 is 6.18 Å². The molecule has 3 nitrogen and oxygen atoms in total. The Labute approximate surface area is 295 Å². The van der Waals surface area contributed by atoms with Crippen LogP contribution in [0.2, 0.25) is 0 Å². The van der Waals surface area contributed by atoms with Crippen LogP contribution in [-0.2, 0) is 16.3 Å². The van der Waals surface area contributed by atoms with Gasteiger partial charge in [-0.3, -0.25) is 0 Å². The molecule has 0 atom stereocenters. The Bertz CT molecular complexity index is 832. The number of sulfone groups is 1. The predicted octanol–water partition coefficient (Wildman–Crippen LogP) is 17.4. The van der Waals surface area contributed by atoms with E-state index in [9.17, 15) is 21.6 Å². The molecule has 1 heterocycles.